The van der Waals surface area contributed by atoms with Crippen molar-refractivity contribution in [1.29, 1.82) is 0 Å². The van der Waals surface area contributed by atoms with Crippen molar-refractivity contribution in [3.8, 4) is 17.2 Å². The van der Waals surface area contributed by atoms with Crippen molar-refractivity contribution in [2.24, 2.45) is 0 Å². The average Bonchev–Trinajstić information content (AvgIpc) is 3.27. The maximum Gasteiger partial charge on any atom is 0.304 e. The first kappa shape index (κ1) is 17.4. The Bertz CT molecular complexity index is 971. The first-order valence-corrected chi connectivity index (χ1v) is 8.75. The van der Waals surface area contributed by atoms with Crippen LogP contribution in [0, 0.1) is 0 Å². The molecule has 0 saturated heterocycles. The second-order valence-corrected chi connectivity index (χ2v) is 6.66. The Morgan fingerprint density at radius 3 is 2.89 bits per heavy atom. The molecule has 0 amide bonds. The van der Waals surface area contributed by atoms with Crippen LogP contribution in [0.1, 0.15) is 23.6 Å². The van der Waals surface area contributed by atoms with Gasteiger partial charge in [-0.1, -0.05) is 22.9 Å². The molecule has 4 rings (SSSR count). The van der Waals surface area contributed by atoms with E-state index in [4.69, 9.17) is 26.2 Å². The number of aliphatic carboxylic acids is 1. The summed E-state index contributed by atoms with van der Waals surface area (Å²) in [6, 6.07) is 12.7. The van der Waals surface area contributed by atoms with E-state index in [0.29, 0.717) is 28.8 Å². The summed E-state index contributed by atoms with van der Waals surface area (Å²) >= 11 is 5.89. The number of benzene rings is 2. The highest BCUT2D eigenvalue weighted by Crippen LogP contribution is 2.38. The van der Waals surface area contributed by atoms with Gasteiger partial charge in [-0.15, -0.1) is 5.10 Å². The lowest BCUT2D eigenvalue weighted by Crippen LogP contribution is -2.07. The summed E-state index contributed by atoms with van der Waals surface area (Å²) in [4.78, 5) is 10.9. The Labute approximate surface area is 160 Å². The van der Waals surface area contributed by atoms with Gasteiger partial charge in [0.15, 0.2) is 0 Å². The monoisotopic (exact) mass is 385 g/mol. The number of halogens is 1. The topological polar surface area (TPSA) is 86.5 Å². The van der Waals surface area contributed by atoms with Crippen molar-refractivity contribution in [2.45, 2.75) is 18.9 Å². The van der Waals surface area contributed by atoms with Crippen LogP contribution in [0.25, 0.3) is 5.69 Å². The van der Waals surface area contributed by atoms with Crippen LogP contribution >= 0.6 is 11.6 Å². The first-order chi connectivity index (χ1) is 13.1. The molecular formula is C19H16ClN3O4. The lowest BCUT2D eigenvalue weighted by Gasteiger charge is -2.07. The molecule has 1 aromatic heterocycles. The van der Waals surface area contributed by atoms with Gasteiger partial charge in [0.1, 0.15) is 23.8 Å². The zero-order valence-corrected chi connectivity index (χ0v) is 15.0. The summed E-state index contributed by atoms with van der Waals surface area (Å²) < 4.78 is 13.0. The number of carboxylic acid groups (broad SMARTS) is 1. The van der Waals surface area contributed by atoms with E-state index in [9.17, 15) is 4.79 Å². The van der Waals surface area contributed by atoms with Gasteiger partial charge in [0, 0.05) is 22.6 Å². The maximum absolute atomic E-state index is 10.9. The third-order valence-electron chi connectivity index (χ3n) is 4.30. The van der Waals surface area contributed by atoms with E-state index in [1.807, 2.05) is 24.3 Å². The Hall–Kier alpha value is -3.06. The van der Waals surface area contributed by atoms with E-state index in [-0.39, 0.29) is 18.9 Å². The van der Waals surface area contributed by atoms with E-state index in [2.05, 4.69) is 10.3 Å². The van der Waals surface area contributed by atoms with Crippen molar-refractivity contribution in [3.63, 3.8) is 0 Å². The van der Waals surface area contributed by atoms with Gasteiger partial charge in [-0.3, -0.25) is 4.79 Å². The highest BCUT2D eigenvalue weighted by atomic mass is 35.5. The second kappa shape index (κ2) is 7.28. The summed E-state index contributed by atoms with van der Waals surface area (Å²) in [5.74, 6) is 0.348. The minimum atomic E-state index is -0.833. The van der Waals surface area contributed by atoms with Crippen molar-refractivity contribution in [1.82, 2.24) is 15.0 Å². The van der Waals surface area contributed by atoms with Crippen LogP contribution in [-0.4, -0.2) is 32.7 Å². The summed E-state index contributed by atoms with van der Waals surface area (Å²) in [6.07, 6.45) is 1.84. The molecule has 138 valence electrons. The molecule has 0 aliphatic carbocycles. The molecule has 2 aromatic carbocycles. The zero-order chi connectivity index (χ0) is 18.8. The van der Waals surface area contributed by atoms with Crippen molar-refractivity contribution >= 4 is 17.6 Å². The molecule has 1 N–H and O–H groups in total. The molecule has 0 saturated carbocycles. The predicted octanol–water partition coefficient (Wildman–Crippen LogP) is 3.45. The molecule has 0 radical (unpaired) electrons. The molecule has 0 fully saturated rings. The highest BCUT2D eigenvalue weighted by Gasteiger charge is 2.26. The number of carbonyl (C=O) groups is 1. The lowest BCUT2D eigenvalue weighted by atomic mass is 9.98. The summed E-state index contributed by atoms with van der Waals surface area (Å²) in [7, 11) is 0. The molecule has 27 heavy (non-hydrogen) atoms. The van der Waals surface area contributed by atoms with Gasteiger partial charge in [-0.25, -0.2) is 4.68 Å². The molecule has 1 aliphatic heterocycles. The number of hydrogen-bond donors (Lipinski definition) is 1. The van der Waals surface area contributed by atoms with Gasteiger partial charge in [0.25, 0.3) is 0 Å². The number of nitrogens with zero attached hydrogens (tertiary/aromatic N) is 3. The molecule has 1 atom stereocenters. The van der Waals surface area contributed by atoms with E-state index >= 15 is 0 Å². The SMILES string of the molecule is O=C(O)CC1COc2cc(OCc3cn(-c4ccc(Cl)cc4)nn3)ccc21. The Morgan fingerprint density at radius 2 is 2.11 bits per heavy atom. The van der Waals surface area contributed by atoms with E-state index in [0.717, 1.165) is 11.3 Å². The largest absolute Gasteiger partial charge is 0.492 e. The minimum Gasteiger partial charge on any atom is -0.492 e. The summed E-state index contributed by atoms with van der Waals surface area (Å²) in [5.41, 5.74) is 2.43. The van der Waals surface area contributed by atoms with Crippen LogP contribution in [0.3, 0.4) is 0 Å². The van der Waals surface area contributed by atoms with Gasteiger partial charge in [-0.05, 0) is 30.3 Å². The molecule has 2 heterocycles. The fourth-order valence-corrected chi connectivity index (χ4v) is 3.09. The molecule has 1 unspecified atom stereocenters. The number of aromatic nitrogens is 3. The minimum absolute atomic E-state index is 0.0566. The standard InChI is InChI=1S/C19H16ClN3O4/c20-13-1-3-15(4-2-13)23-9-14(21-22-23)11-26-16-5-6-17-12(7-19(24)25)10-27-18(17)8-16/h1-6,8-9,12H,7,10-11H2,(H,24,25). The molecular weight excluding hydrogens is 370 g/mol. The molecule has 8 heteroatoms. The van der Waals surface area contributed by atoms with Crippen LogP contribution < -0.4 is 9.47 Å². The van der Waals surface area contributed by atoms with Gasteiger partial charge < -0.3 is 14.6 Å². The number of hydrogen-bond acceptors (Lipinski definition) is 5. The molecule has 7 nitrogen and oxygen atoms in total. The van der Waals surface area contributed by atoms with Crippen molar-refractivity contribution in [2.75, 3.05) is 6.61 Å². The van der Waals surface area contributed by atoms with Gasteiger partial charge in [0.05, 0.1) is 24.9 Å². The van der Waals surface area contributed by atoms with E-state index in [1.54, 1.807) is 29.1 Å². The van der Waals surface area contributed by atoms with Gasteiger partial charge in [-0.2, -0.15) is 0 Å². The third kappa shape index (κ3) is 3.88. The molecule has 0 bridgehead atoms. The Balaban J connectivity index is 1.41. The molecule has 0 spiro atoms. The Kier molecular flexibility index (Phi) is 4.68. The second-order valence-electron chi connectivity index (χ2n) is 6.22. The predicted molar refractivity (Wildman–Crippen MR) is 97.6 cm³/mol. The normalized spacial score (nSPS) is 15.2. The lowest BCUT2D eigenvalue weighted by molar-refractivity contribution is -0.137. The van der Waals surface area contributed by atoms with Crippen LogP contribution in [0.5, 0.6) is 11.5 Å². The van der Waals surface area contributed by atoms with E-state index in [1.165, 1.54) is 0 Å². The van der Waals surface area contributed by atoms with Crippen LogP contribution in [0.15, 0.2) is 48.7 Å². The van der Waals surface area contributed by atoms with Crippen molar-refractivity contribution < 1.29 is 19.4 Å². The third-order valence-corrected chi connectivity index (χ3v) is 4.56. The maximum atomic E-state index is 10.9. The summed E-state index contributed by atoms with van der Waals surface area (Å²) in [6.45, 7) is 0.630. The van der Waals surface area contributed by atoms with E-state index < -0.39 is 5.97 Å². The highest BCUT2D eigenvalue weighted by molar-refractivity contribution is 6.30. The zero-order valence-electron chi connectivity index (χ0n) is 14.2. The van der Waals surface area contributed by atoms with Crippen molar-refractivity contribution in [3.05, 3.63) is 64.9 Å². The average molecular weight is 386 g/mol. The quantitative estimate of drug-likeness (QED) is 0.699. The fraction of sp³-hybridized carbons (Fsp3) is 0.211. The number of ether oxygens (including phenoxy) is 2. The molecule has 1 aliphatic rings. The smallest absolute Gasteiger partial charge is 0.304 e. The number of carboxylic acids is 1. The number of fused-ring (bicyclic) bond motifs is 1. The Morgan fingerprint density at radius 1 is 1.30 bits per heavy atom. The number of rotatable bonds is 6. The van der Waals surface area contributed by atoms with Crippen LogP contribution in [-0.2, 0) is 11.4 Å². The first-order valence-electron chi connectivity index (χ1n) is 8.37. The summed E-state index contributed by atoms with van der Waals surface area (Å²) in [5, 5.41) is 17.8. The molecule has 3 aromatic rings. The van der Waals surface area contributed by atoms with Crippen LogP contribution in [0.4, 0.5) is 0 Å². The van der Waals surface area contributed by atoms with Gasteiger partial charge in [0.2, 0.25) is 0 Å². The fourth-order valence-electron chi connectivity index (χ4n) is 2.97. The van der Waals surface area contributed by atoms with Crippen LogP contribution in [0.2, 0.25) is 5.02 Å². The van der Waals surface area contributed by atoms with Gasteiger partial charge >= 0.3 is 5.97 Å².